The number of ether oxygens (including phenoxy) is 1. The van der Waals surface area contributed by atoms with E-state index in [4.69, 9.17) is 17.0 Å². The summed E-state index contributed by atoms with van der Waals surface area (Å²) in [6, 6.07) is 4.72. The average molecular weight is 438 g/mol. The summed E-state index contributed by atoms with van der Waals surface area (Å²) >= 11 is 5.89. The summed E-state index contributed by atoms with van der Waals surface area (Å²) in [5.41, 5.74) is 1.38. The van der Waals surface area contributed by atoms with Crippen molar-refractivity contribution in [2.24, 2.45) is 4.99 Å². The monoisotopic (exact) mass is 437 g/mol. The highest BCUT2D eigenvalue weighted by molar-refractivity contribution is 6.65. The van der Waals surface area contributed by atoms with Crippen LogP contribution in [0.3, 0.4) is 0 Å². The molecule has 0 aliphatic rings. The molecule has 0 heterocycles. The van der Waals surface area contributed by atoms with Gasteiger partial charge in [0.25, 0.3) is 0 Å². The molecule has 0 amide bonds. The maximum Gasteiger partial charge on any atom is 0.573 e. The fourth-order valence-corrected chi connectivity index (χ4v) is 2.50. The largest absolute Gasteiger partial charge is 0.573 e. The van der Waals surface area contributed by atoms with Crippen molar-refractivity contribution in [3.63, 3.8) is 0 Å². The highest BCUT2D eigenvalue weighted by Crippen LogP contribution is 2.30. The molecule has 10 heteroatoms. The quantitative estimate of drug-likeness (QED) is 0.160. The highest BCUT2D eigenvalue weighted by atomic mass is 35.5. The van der Waals surface area contributed by atoms with Crippen molar-refractivity contribution in [3.05, 3.63) is 47.1 Å². The van der Waals surface area contributed by atoms with Gasteiger partial charge in [0.15, 0.2) is 0 Å². The molecule has 0 spiro atoms. The molecule has 160 valence electrons. The Kier molecular flexibility index (Phi) is 9.29. The minimum absolute atomic E-state index is 0.0662. The maximum absolute atomic E-state index is 12.8. The first-order valence-corrected chi connectivity index (χ1v) is 8.92. The minimum Gasteiger partial charge on any atom is -0.406 e. The molecule has 0 aromatic heterocycles. The van der Waals surface area contributed by atoms with Crippen molar-refractivity contribution >= 4 is 28.3 Å². The zero-order chi connectivity index (χ0) is 22.2. The molecule has 2 N–H and O–H groups in total. The van der Waals surface area contributed by atoms with Gasteiger partial charge in [0.2, 0.25) is 0 Å². The summed E-state index contributed by atoms with van der Waals surface area (Å²) in [6.07, 6.45) is -2.31. The van der Waals surface area contributed by atoms with Crippen LogP contribution < -0.4 is 10.1 Å². The first-order chi connectivity index (χ1) is 13.5. The van der Waals surface area contributed by atoms with E-state index in [0.29, 0.717) is 12.0 Å². The molecule has 0 radical (unpaired) electrons. The van der Waals surface area contributed by atoms with Crippen molar-refractivity contribution < 1.29 is 26.7 Å². The van der Waals surface area contributed by atoms with Gasteiger partial charge in [0.05, 0.1) is 5.70 Å². The van der Waals surface area contributed by atoms with Crippen LogP contribution >= 0.6 is 11.6 Å². The Morgan fingerprint density at radius 2 is 1.86 bits per heavy atom. The Hall–Kier alpha value is -2.42. The lowest BCUT2D eigenvalue weighted by Crippen LogP contribution is -2.30. The molecular weight excluding hydrogens is 417 g/mol. The van der Waals surface area contributed by atoms with E-state index >= 15 is 0 Å². The highest BCUT2D eigenvalue weighted by Gasteiger charge is 2.31. The Bertz CT molecular complexity index is 795. The molecule has 4 nitrogen and oxygen atoms in total. The lowest BCUT2D eigenvalue weighted by molar-refractivity contribution is -0.274. The molecule has 1 rings (SSSR count). The van der Waals surface area contributed by atoms with Crippen LogP contribution in [0.5, 0.6) is 5.75 Å². The van der Waals surface area contributed by atoms with Crippen LogP contribution in [0, 0.1) is 5.41 Å². The number of benzene rings is 1. The Morgan fingerprint density at radius 1 is 1.28 bits per heavy atom. The van der Waals surface area contributed by atoms with Gasteiger partial charge in [-0.3, -0.25) is 5.41 Å². The van der Waals surface area contributed by atoms with Crippen LogP contribution in [0.15, 0.2) is 46.5 Å². The molecule has 0 saturated carbocycles. The van der Waals surface area contributed by atoms with E-state index in [9.17, 15) is 22.0 Å². The fraction of sp³-hybridized carbons (Fsp3) is 0.368. The number of amidine groups is 1. The van der Waals surface area contributed by atoms with E-state index in [2.05, 4.69) is 9.73 Å². The van der Waals surface area contributed by atoms with Crippen molar-refractivity contribution in [3.8, 4) is 5.75 Å². The summed E-state index contributed by atoms with van der Waals surface area (Å²) in [5.74, 6) is -1.00. The van der Waals surface area contributed by atoms with E-state index in [1.165, 1.54) is 19.1 Å². The average Bonchev–Trinajstić information content (AvgIpc) is 2.60. The number of halogens is 6. The molecule has 0 atom stereocenters. The molecule has 0 aliphatic carbocycles. The van der Waals surface area contributed by atoms with Crippen LogP contribution in [0.2, 0.25) is 0 Å². The molecule has 0 fully saturated rings. The van der Waals surface area contributed by atoms with Gasteiger partial charge in [0.1, 0.15) is 16.8 Å². The van der Waals surface area contributed by atoms with Gasteiger partial charge < -0.3 is 10.1 Å². The predicted octanol–water partition coefficient (Wildman–Crippen LogP) is 6.49. The van der Waals surface area contributed by atoms with E-state index in [1.54, 1.807) is 18.3 Å². The number of aliphatic imine (C=N–C) groups is 1. The maximum atomic E-state index is 12.8. The number of hydrogen-bond acceptors (Lipinski definition) is 3. The molecular formula is C19H21ClF5N3O. The third kappa shape index (κ3) is 8.64. The first-order valence-electron chi connectivity index (χ1n) is 8.54. The van der Waals surface area contributed by atoms with Crippen molar-refractivity contribution in [1.82, 2.24) is 5.32 Å². The molecule has 1 aromatic carbocycles. The minimum atomic E-state index is -4.85. The molecule has 0 bridgehead atoms. The summed E-state index contributed by atoms with van der Waals surface area (Å²) in [5, 5.41) is 9.85. The Labute approximate surface area is 170 Å². The lowest BCUT2D eigenvalue weighted by Gasteiger charge is -2.17. The second-order valence-corrected chi connectivity index (χ2v) is 6.35. The van der Waals surface area contributed by atoms with Crippen molar-refractivity contribution in [2.75, 3.05) is 0 Å². The van der Waals surface area contributed by atoms with Crippen LogP contribution in [-0.2, 0) is 0 Å². The van der Waals surface area contributed by atoms with Crippen LogP contribution in [-0.4, -0.2) is 23.9 Å². The standard InChI is InChI=1S/C19H21ClF5N3O/c1-4-12(5-2)10-15(17(26)28-18(21)22)16(27-11(3)20)13-6-8-14(9-7-13)29-19(23,24)25/h4,6-9,18H,5,10H2,1-3H3,(H2,26,28)/b12-4-,16-15-,27-11+. The van der Waals surface area contributed by atoms with E-state index in [1.807, 2.05) is 6.92 Å². The number of hydrogen-bond donors (Lipinski definition) is 2. The molecule has 29 heavy (non-hydrogen) atoms. The van der Waals surface area contributed by atoms with E-state index in [-0.39, 0.29) is 22.9 Å². The van der Waals surface area contributed by atoms with E-state index < -0.39 is 24.5 Å². The molecule has 0 saturated heterocycles. The van der Waals surface area contributed by atoms with Gasteiger partial charge in [-0.05, 0) is 51.0 Å². The van der Waals surface area contributed by atoms with Crippen LogP contribution in [0.1, 0.15) is 39.2 Å². The number of nitrogens with zero attached hydrogens (tertiary/aromatic N) is 1. The molecule has 1 aromatic rings. The number of allylic oxidation sites excluding steroid dienone is 2. The van der Waals surface area contributed by atoms with E-state index in [0.717, 1.165) is 17.7 Å². The zero-order valence-corrected chi connectivity index (χ0v) is 16.8. The summed E-state index contributed by atoms with van der Waals surface area (Å²) in [4.78, 5) is 4.15. The molecule has 0 aliphatic heterocycles. The SMILES string of the molecule is C/C=C(/CC)C/C(C(=N)NC(F)F)=C(/N=C(\C)Cl)c1ccc(OC(F)(F)F)cc1. The van der Waals surface area contributed by atoms with Gasteiger partial charge in [-0.25, -0.2) is 4.99 Å². The van der Waals surface area contributed by atoms with Gasteiger partial charge in [-0.2, -0.15) is 8.78 Å². The lowest BCUT2D eigenvalue weighted by atomic mass is 9.97. The zero-order valence-electron chi connectivity index (χ0n) is 16.0. The van der Waals surface area contributed by atoms with Crippen molar-refractivity contribution in [1.29, 1.82) is 5.41 Å². The van der Waals surface area contributed by atoms with Gasteiger partial charge in [-0.1, -0.05) is 30.2 Å². The number of nitrogens with one attached hydrogen (secondary N) is 2. The normalized spacial score (nSPS) is 14.0. The third-order valence-corrected chi connectivity index (χ3v) is 3.82. The molecule has 0 unspecified atom stereocenters. The fourth-order valence-electron chi connectivity index (χ4n) is 2.42. The van der Waals surface area contributed by atoms with Crippen LogP contribution in [0.4, 0.5) is 22.0 Å². The van der Waals surface area contributed by atoms with Crippen LogP contribution in [0.25, 0.3) is 5.70 Å². The second-order valence-electron chi connectivity index (χ2n) is 5.81. The summed E-state index contributed by atoms with van der Waals surface area (Å²) in [7, 11) is 0. The first kappa shape index (κ1) is 24.6. The third-order valence-electron chi connectivity index (χ3n) is 3.73. The predicted molar refractivity (Wildman–Crippen MR) is 105 cm³/mol. The van der Waals surface area contributed by atoms with Gasteiger partial charge in [-0.15, -0.1) is 13.2 Å². The summed E-state index contributed by atoms with van der Waals surface area (Å²) in [6.45, 7) is 2.13. The van der Waals surface area contributed by atoms with Gasteiger partial charge >= 0.3 is 12.9 Å². The smallest absolute Gasteiger partial charge is 0.406 e. The topological polar surface area (TPSA) is 57.5 Å². The number of alkyl halides is 5. The Morgan fingerprint density at radius 3 is 2.28 bits per heavy atom. The number of rotatable bonds is 8. The van der Waals surface area contributed by atoms with Crippen molar-refractivity contribution in [2.45, 2.75) is 46.5 Å². The second kappa shape index (κ2) is 10.9. The van der Waals surface area contributed by atoms with Gasteiger partial charge in [0, 0.05) is 11.1 Å². The Balaban J connectivity index is 3.55. The summed E-state index contributed by atoms with van der Waals surface area (Å²) < 4.78 is 66.6.